The molecule has 144 valence electrons. The average Bonchev–Trinajstić information content (AvgIpc) is 2.64. The number of carbonyl (C=O) groups is 2. The van der Waals surface area contributed by atoms with E-state index in [2.05, 4.69) is 5.32 Å². The van der Waals surface area contributed by atoms with Crippen LogP contribution in [0.5, 0.6) is 11.5 Å². The Bertz CT molecular complexity index is 787. The number of aryl methyl sites for hydroxylation is 2. The predicted octanol–water partition coefficient (Wildman–Crippen LogP) is 3.18. The second-order valence-electron chi connectivity index (χ2n) is 6.33. The summed E-state index contributed by atoms with van der Waals surface area (Å²) in [4.78, 5) is 25.6. The summed E-state index contributed by atoms with van der Waals surface area (Å²) in [6.45, 7) is 5.94. The van der Waals surface area contributed by atoms with Crippen molar-refractivity contribution >= 4 is 17.5 Å². The lowest BCUT2D eigenvalue weighted by molar-refractivity contribution is -0.133. The van der Waals surface area contributed by atoms with E-state index in [4.69, 9.17) is 9.47 Å². The normalized spacial score (nSPS) is 10.2. The van der Waals surface area contributed by atoms with Crippen LogP contribution in [0.2, 0.25) is 0 Å². The summed E-state index contributed by atoms with van der Waals surface area (Å²) >= 11 is 0. The van der Waals surface area contributed by atoms with E-state index in [0.29, 0.717) is 18.9 Å². The first-order valence-electron chi connectivity index (χ1n) is 8.78. The maximum Gasteiger partial charge on any atom is 0.244 e. The lowest BCUT2D eigenvalue weighted by Crippen LogP contribution is -2.39. The van der Waals surface area contributed by atoms with Crippen molar-refractivity contribution in [2.24, 2.45) is 0 Å². The molecule has 0 heterocycles. The Balaban J connectivity index is 1.87. The molecule has 0 saturated carbocycles. The number of rotatable bonds is 8. The summed E-state index contributed by atoms with van der Waals surface area (Å²) < 4.78 is 10.7. The molecule has 2 rings (SSSR count). The first-order chi connectivity index (χ1) is 12.9. The minimum atomic E-state index is -0.233. The van der Waals surface area contributed by atoms with Gasteiger partial charge >= 0.3 is 0 Å². The van der Waals surface area contributed by atoms with Crippen LogP contribution >= 0.6 is 0 Å². The summed E-state index contributed by atoms with van der Waals surface area (Å²) in [5.41, 5.74) is 2.80. The Morgan fingerprint density at radius 2 is 1.70 bits per heavy atom. The molecule has 0 atom stereocenters. The van der Waals surface area contributed by atoms with E-state index >= 15 is 0 Å². The minimum absolute atomic E-state index is 0.0192. The molecule has 0 aliphatic carbocycles. The zero-order valence-electron chi connectivity index (χ0n) is 16.2. The molecule has 0 radical (unpaired) electrons. The number of methoxy groups -OCH3 is 1. The number of hydrogen-bond donors (Lipinski definition) is 1. The highest BCUT2D eigenvalue weighted by Gasteiger charge is 2.14. The molecular weight excluding hydrogens is 344 g/mol. The van der Waals surface area contributed by atoms with Gasteiger partial charge in [0.1, 0.15) is 18.1 Å². The number of amides is 2. The van der Waals surface area contributed by atoms with Gasteiger partial charge in [0, 0.05) is 12.6 Å². The Labute approximate surface area is 160 Å². The van der Waals surface area contributed by atoms with Gasteiger partial charge in [-0.3, -0.25) is 9.59 Å². The van der Waals surface area contributed by atoms with Gasteiger partial charge in [-0.15, -0.1) is 0 Å². The van der Waals surface area contributed by atoms with Gasteiger partial charge in [0.2, 0.25) is 11.8 Å². The molecule has 2 aromatic rings. The van der Waals surface area contributed by atoms with E-state index in [9.17, 15) is 9.59 Å². The van der Waals surface area contributed by atoms with Gasteiger partial charge in [-0.05, 0) is 55.3 Å². The van der Waals surface area contributed by atoms with Crippen molar-refractivity contribution in [2.45, 2.75) is 20.8 Å². The van der Waals surface area contributed by atoms with Crippen molar-refractivity contribution in [1.29, 1.82) is 0 Å². The molecule has 0 aliphatic heterocycles. The molecule has 0 bridgehead atoms. The molecule has 0 unspecified atom stereocenters. The van der Waals surface area contributed by atoms with E-state index in [1.54, 1.807) is 31.4 Å². The predicted molar refractivity (Wildman–Crippen MR) is 105 cm³/mol. The monoisotopic (exact) mass is 370 g/mol. The molecule has 6 nitrogen and oxygen atoms in total. The van der Waals surface area contributed by atoms with Crippen LogP contribution < -0.4 is 14.8 Å². The fourth-order valence-electron chi connectivity index (χ4n) is 2.53. The molecule has 27 heavy (non-hydrogen) atoms. The fourth-order valence-corrected chi connectivity index (χ4v) is 2.53. The Morgan fingerprint density at radius 3 is 2.33 bits per heavy atom. The lowest BCUT2D eigenvalue weighted by Gasteiger charge is -2.21. The van der Waals surface area contributed by atoms with E-state index in [1.807, 2.05) is 32.0 Å². The van der Waals surface area contributed by atoms with E-state index < -0.39 is 0 Å². The van der Waals surface area contributed by atoms with Gasteiger partial charge in [-0.25, -0.2) is 0 Å². The maximum atomic E-state index is 12.3. The van der Waals surface area contributed by atoms with Gasteiger partial charge in [0.25, 0.3) is 0 Å². The summed E-state index contributed by atoms with van der Waals surface area (Å²) in [6, 6.07) is 13.1. The zero-order valence-corrected chi connectivity index (χ0v) is 16.2. The third kappa shape index (κ3) is 6.33. The number of ether oxygens (including phenoxy) is 2. The van der Waals surface area contributed by atoms with E-state index in [1.165, 1.54) is 11.8 Å². The summed E-state index contributed by atoms with van der Waals surface area (Å²) in [6.07, 6.45) is 0. The highest BCUT2D eigenvalue weighted by atomic mass is 16.5. The van der Waals surface area contributed by atoms with Crippen molar-refractivity contribution in [3.8, 4) is 11.5 Å². The van der Waals surface area contributed by atoms with Gasteiger partial charge in [0.05, 0.1) is 20.2 Å². The maximum absolute atomic E-state index is 12.3. The van der Waals surface area contributed by atoms with Crippen LogP contribution in [0.15, 0.2) is 42.5 Å². The van der Waals surface area contributed by atoms with Crippen molar-refractivity contribution in [1.82, 2.24) is 4.90 Å². The van der Waals surface area contributed by atoms with E-state index in [0.717, 1.165) is 22.6 Å². The number of hydrogen-bond acceptors (Lipinski definition) is 4. The van der Waals surface area contributed by atoms with Crippen LogP contribution in [0, 0.1) is 13.8 Å². The number of nitrogens with zero attached hydrogens (tertiary/aromatic N) is 1. The molecule has 0 aliphatic rings. The molecule has 2 amide bonds. The Morgan fingerprint density at radius 1 is 1.04 bits per heavy atom. The quantitative estimate of drug-likeness (QED) is 0.775. The van der Waals surface area contributed by atoms with E-state index in [-0.39, 0.29) is 18.4 Å². The molecule has 2 aromatic carbocycles. The van der Waals surface area contributed by atoms with Crippen LogP contribution in [0.4, 0.5) is 5.69 Å². The van der Waals surface area contributed by atoms with Crippen LogP contribution in [0.1, 0.15) is 18.1 Å². The van der Waals surface area contributed by atoms with Crippen LogP contribution in [-0.4, -0.2) is 43.5 Å². The van der Waals surface area contributed by atoms with Gasteiger partial charge in [-0.1, -0.05) is 12.1 Å². The highest BCUT2D eigenvalue weighted by molar-refractivity contribution is 5.94. The lowest BCUT2D eigenvalue weighted by atomic mass is 10.1. The van der Waals surface area contributed by atoms with Crippen molar-refractivity contribution in [3.63, 3.8) is 0 Å². The van der Waals surface area contributed by atoms with Gasteiger partial charge in [-0.2, -0.15) is 0 Å². The van der Waals surface area contributed by atoms with Crippen LogP contribution in [-0.2, 0) is 9.59 Å². The minimum Gasteiger partial charge on any atom is -0.497 e. The third-order valence-corrected chi connectivity index (χ3v) is 4.14. The standard InChI is InChI=1S/C21H26N2O4/c1-15-5-6-16(2)20(13-15)22-21(25)14-23(17(3)24)11-12-27-19-9-7-18(26-4)8-10-19/h5-10,13H,11-12,14H2,1-4H3,(H,22,25). The number of carbonyl (C=O) groups excluding carboxylic acids is 2. The largest absolute Gasteiger partial charge is 0.497 e. The second kappa shape index (κ2) is 9.62. The first-order valence-corrected chi connectivity index (χ1v) is 8.78. The molecule has 6 heteroatoms. The zero-order chi connectivity index (χ0) is 19.8. The fraction of sp³-hybridized carbons (Fsp3) is 0.333. The molecule has 1 N–H and O–H groups in total. The number of nitrogens with one attached hydrogen (secondary N) is 1. The van der Waals surface area contributed by atoms with Crippen LogP contribution in [0.3, 0.4) is 0 Å². The molecular formula is C21H26N2O4. The number of anilines is 1. The third-order valence-electron chi connectivity index (χ3n) is 4.14. The molecule has 0 fully saturated rings. The topological polar surface area (TPSA) is 67.9 Å². The van der Waals surface area contributed by atoms with Crippen LogP contribution in [0.25, 0.3) is 0 Å². The van der Waals surface area contributed by atoms with Crippen molar-refractivity contribution in [2.75, 3.05) is 32.1 Å². The Hall–Kier alpha value is -3.02. The molecule has 0 spiro atoms. The summed E-state index contributed by atoms with van der Waals surface area (Å²) in [7, 11) is 1.60. The smallest absolute Gasteiger partial charge is 0.244 e. The highest BCUT2D eigenvalue weighted by Crippen LogP contribution is 2.17. The Kier molecular flexibility index (Phi) is 7.23. The average molecular weight is 370 g/mol. The second-order valence-corrected chi connectivity index (χ2v) is 6.33. The SMILES string of the molecule is COc1ccc(OCCN(CC(=O)Nc2cc(C)ccc2C)C(C)=O)cc1. The molecule has 0 saturated heterocycles. The van der Waals surface area contributed by atoms with Gasteiger partial charge < -0.3 is 19.7 Å². The van der Waals surface area contributed by atoms with Crippen molar-refractivity contribution in [3.05, 3.63) is 53.6 Å². The van der Waals surface area contributed by atoms with Gasteiger partial charge in [0.15, 0.2) is 0 Å². The summed E-state index contributed by atoms with van der Waals surface area (Å²) in [5.74, 6) is 1.02. The van der Waals surface area contributed by atoms with Crippen molar-refractivity contribution < 1.29 is 19.1 Å². The number of benzene rings is 2. The molecule has 0 aromatic heterocycles. The first kappa shape index (κ1) is 20.3. The summed E-state index contributed by atoms with van der Waals surface area (Å²) in [5, 5.41) is 2.87.